The lowest BCUT2D eigenvalue weighted by atomic mass is 10.2. The van der Waals surface area contributed by atoms with E-state index >= 15 is 0 Å². The van der Waals surface area contributed by atoms with E-state index in [-0.39, 0.29) is 24.0 Å². The number of halogens is 1. The quantitative estimate of drug-likeness (QED) is 0.218. The van der Waals surface area contributed by atoms with Gasteiger partial charge in [0.2, 0.25) is 0 Å². The Balaban J connectivity index is 0. The maximum atomic E-state index is 4.30. The molecular formula is C18H42IN5. The first-order chi connectivity index (χ1) is 10.8. The predicted octanol–water partition coefficient (Wildman–Crippen LogP) is 3.01. The molecule has 0 aliphatic heterocycles. The van der Waals surface area contributed by atoms with E-state index in [2.05, 4.69) is 74.0 Å². The third-order valence-corrected chi connectivity index (χ3v) is 4.32. The first-order valence-electron chi connectivity index (χ1n) is 9.20. The van der Waals surface area contributed by atoms with Crippen molar-refractivity contribution >= 4 is 29.9 Å². The number of hydrogen-bond donors (Lipinski definition) is 2. The SMILES string of the molecule is CN=C(NCCCCN(C)C(C)C)NCCN(C(C)C)C(C)C.I. The van der Waals surface area contributed by atoms with Crippen molar-refractivity contribution in [2.24, 2.45) is 4.99 Å². The van der Waals surface area contributed by atoms with Gasteiger partial charge in [-0.15, -0.1) is 24.0 Å². The minimum absolute atomic E-state index is 0. The molecule has 0 aromatic heterocycles. The molecule has 146 valence electrons. The van der Waals surface area contributed by atoms with Crippen molar-refractivity contribution in [2.75, 3.05) is 40.3 Å². The van der Waals surface area contributed by atoms with Crippen molar-refractivity contribution in [3.8, 4) is 0 Å². The molecule has 0 aliphatic carbocycles. The van der Waals surface area contributed by atoms with Crippen molar-refractivity contribution in [3.05, 3.63) is 0 Å². The van der Waals surface area contributed by atoms with Gasteiger partial charge in [-0.2, -0.15) is 0 Å². The average molecular weight is 455 g/mol. The smallest absolute Gasteiger partial charge is 0.191 e. The average Bonchev–Trinajstić information content (AvgIpc) is 2.47. The van der Waals surface area contributed by atoms with Crippen LogP contribution in [0.25, 0.3) is 0 Å². The van der Waals surface area contributed by atoms with Gasteiger partial charge in [-0.25, -0.2) is 0 Å². The van der Waals surface area contributed by atoms with Crippen LogP contribution in [0.3, 0.4) is 0 Å². The zero-order valence-electron chi connectivity index (χ0n) is 17.2. The van der Waals surface area contributed by atoms with E-state index in [1.807, 2.05) is 7.05 Å². The summed E-state index contributed by atoms with van der Waals surface area (Å²) in [6.07, 6.45) is 2.38. The molecule has 0 heterocycles. The summed E-state index contributed by atoms with van der Waals surface area (Å²) in [6.45, 7) is 17.6. The summed E-state index contributed by atoms with van der Waals surface area (Å²) in [5.74, 6) is 0.912. The molecule has 0 saturated heterocycles. The predicted molar refractivity (Wildman–Crippen MR) is 119 cm³/mol. The van der Waals surface area contributed by atoms with E-state index in [9.17, 15) is 0 Å². The Morgan fingerprint density at radius 1 is 0.833 bits per heavy atom. The Bertz CT molecular complexity index is 311. The summed E-state index contributed by atoms with van der Waals surface area (Å²) in [4.78, 5) is 9.18. The zero-order chi connectivity index (χ0) is 17.8. The Hall–Kier alpha value is -0.0800. The Morgan fingerprint density at radius 2 is 1.38 bits per heavy atom. The highest BCUT2D eigenvalue weighted by Crippen LogP contribution is 2.03. The lowest BCUT2D eigenvalue weighted by Gasteiger charge is -2.30. The molecular weight excluding hydrogens is 413 g/mol. The van der Waals surface area contributed by atoms with Gasteiger partial charge in [0.1, 0.15) is 0 Å². The largest absolute Gasteiger partial charge is 0.356 e. The van der Waals surface area contributed by atoms with E-state index in [1.54, 1.807) is 0 Å². The van der Waals surface area contributed by atoms with Crippen LogP contribution >= 0.6 is 24.0 Å². The molecule has 0 fully saturated rings. The maximum absolute atomic E-state index is 4.30. The molecule has 0 unspecified atom stereocenters. The highest BCUT2D eigenvalue weighted by atomic mass is 127. The molecule has 5 nitrogen and oxygen atoms in total. The molecule has 0 saturated carbocycles. The molecule has 0 spiro atoms. The number of guanidine groups is 1. The van der Waals surface area contributed by atoms with Crippen LogP contribution in [0.2, 0.25) is 0 Å². The minimum Gasteiger partial charge on any atom is -0.356 e. The lowest BCUT2D eigenvalue weighted by Crippen LogP contribution is -2.45. The second-order valence-electron chi connectivity index (χ2n) is 7.13. The van der Waals surface area contributed by atoms with Gasteiger partial charge < -0.3 is 15.5 Å². The Morgan fingerprint density at radius 3 is 1.83 bits per heavy atom. The van der Waals surface area contributed by atoms with E-state index in [4.69, 9.17) is 0 Å². The first kappa shape index (κ1) is 26.2. The molecule has 0 rings (SSSR count). The third kappa shape index (κ3) is 12.3. The van der Waals surface area contributed by atoms with E-state index in [1.165, 1.54) is 12.8 Å². The van der Waals surface area contributed by atoms with E-state index in [0.29, 0.717) is 18.1 Å². The van der Waals surface area contributed by atoms with E-state index < -0.39 is 0 Å². The number of nitrogens with zero attached hydrogens (tertiary/aromatic N) is 3. The topological polar surface area (TPSA) is 42.9 Å². The summed E-state index contributed by atoms with van der Waals surface area (Å²) in [5.41, 5.74) is 0. The molecule has 0 aromatic rings. The van der Waals surface area contributed by atoms with Crippen molar-refractivity contribution in [1.82, 2.24) is 20.4 Å². The molecule has 2 N–H and O–H groups in total. The highest BCUT2D eigenvalue weighted by Gasteiger charge is 2.12. The number of aliphatic imine (C=N–C) groups is 1. The van der Waals surface area contributed by atoms with Crippen LogP contribution in [0.1, 0.15) is 54.4 Å². The van der Waals surface area contributed by atoms with Gasteiger partial charge in [-0.05, 0) is 68.0 Å². The molecule has 24 heavy (non-hydrogen) atoms. The van der Waals surface area contributed by atoms with Crippen LogP contribution in [-0.2, 0) is 0 Å². The van der Waals surface area contributed by atoms with Gasteiger partial charge >= 0.3 is 0 Å². The summed E-state index contributed by atoms with van der Waals surface area (Å²) >= 11 is 0. The molecule has 0 amide bonds. The van der Waals surface area contributed by atoms with Gasteiger partial charge in [-0.1, -0.05) is 0 Å². The van der Waals surface area contributed by atoms with Gasteiger partial charge in [0.05, 0.1) is 0 Å². The molecule has 0 radical (unpaired) electrons. The van der Waals surface area contributed by atoms with Gasteiger partial charge in [0.25, 0.3) is 0 Å². The van der Waals surface area contributed by atoms with Crippen molar-refractivity contribution in [3.63, 3.8) is 0 Å². The van der Waals surface area contributed by atoms with Crippen LogP contribution < -0.4 is 10.6 Å². The first-order valence-corrected chi connectivity index (χ1v) is 9.20. The van der Waals surface area contributed by atoms with Crippen LogP contribution in [0.15, 0.2) is 4.99 Å². The number of nitrogens with one attached hydrogen (secondary N) is 2. The molecule has 0 aliphatic rings. The minimum atomic E-state index is 0. The highest BCUT2D eigenvalue weighted by molar-refractivity contribution is 14.0. The number of hydrogen-bond acceptors (Lipinski definition) is 3. The fourth-order valence-electron chi connectivity index (χ4n) is 2.59. The van der Waals surface area contributed by atoms with Crippen molar-refractivity contribution in [2.45, 2.75) is 72.5 Å². The molecule has 0 bridgehead atoms. The summed E-state index contributed by atoms with van der Waals surface area (Å²) in [5, 5.41) is 6.82. The Labute approximate surface area is 168 Å². The van der Waals surface area contributed by atoms with Gasteiger partial charge in [0, 0.05) is 44.8 Å². The van der Waals surface area contributed by atoms with Crippen LogP contribution in [-0.4, -0.2) is 74.2 Å². The normalized spacial score (nSPS) is 12.5. The molecule has 0 atom stereocenters. The van der Waals surface area contributed by atoms with Crippen LogP contribution in [0.4, 0.5) is 0 Å². The Kier molecular flexibility index (Phi) is 16.6. The van der Waals surface area contributed by atoms with Crippen LogP contribution in [0.5, 0.6) is 0 Å². The fourth-order valence-corrected chi connectivity index (χ4v) is 2.59. The lowest BCUT2D eigenvalue weighted by molar-refractivity contribution is 0.178. The summed E-state index contributed by atoms with van der Waals surface area (Å²) in [6, 6.07) is 1.77. The fraction of sp³-hybridized carbons (Fsp3) is 0.944. The van der Waals surface area contributed by atoms with Crippen molar-refractivity contribution < 1.29 is 0 Å². The van der Waals surface area contributed by atoms with Crippen LogP contribution in [0, 0.1) is 0 Å². The van der Waals surface area contributed by atoms with E-state index in [0.717, 1.165) is 32.1 Å². The number of rotatable bonds is 11. The molecule has 0 aromatic carbocycles. The molecule has 6 heteroatoms. The monoisotopic (exact) mass is 455 g/mol. The van der Waals surface area contributed by atoms with Gasteiger partial charge in [0.15, 0.2) is 5.96 Å². The zero-order valence-corrected chi connectivity index (χ0v) is 19.6. The second kappa shape index (κ2) is 15.2. The maximum Gasteiger partial charge on any atom is 0.191 e. The third-order valence-electron chi connectivity index (χ3n) is 4.32. The van der Waals surface area contributed by atoms with Gasteiger partial charge in [-0.3, -0.25) is 9.89 Å². The summed E-state index contributed by atoms with van der Waals surface area (Å²) < 4.78 is 0. The second-order valence-corrected chi connectivity index (χ2v) is 7.13. The summed E-state index contributed by atoms with van der Waals surface area (Å²) in [7, 11) is 4.03. The van der Waals surface area contributed by atoms with Crippen molar-refractivity contribution in [1.29, 1.82) is 0 Å². The standard InChI is InChI=1S/C18H41N5.HI/c1-15(2)22(8)13-10-9-11-20-18(19-7)21-12-14-23(16(3)4)17(5)6;/h15-17H,9-14H2,1-8H3,(H2,19,20,21);1H. The number of unbranched alkanes of at least 4 members (excludes halogenated alkanes) is 1.